The van der Waals surface area contributed by atoms with Crippen molar-refractivity contribution in [3.05, 3.63) is 59.6 Å². The number of halogens is 1. The van der Waals surface area contributed by atoms with E-state index in [1.165, 1.54) is 11.8 Å². The summed E-state index contributed by atoms with van der Waals surface area (Å²) in [5.74, 6) is 0.803. The summed E-state index contributed by atoms with van der Waals surface area (Å²) in [5.41, 5.74) is 0. The molecule has 0 aromatic heterocycles. The first-order valence-corrected chi connectivity index (χ1v) is 8.28. The number of benzene rings is 2. The van der Waals surface area contributed by atoms with Gasteiger partial charge in [-0.2, -0.15) is 0 Å². The van der Waals surface area contributed by atoms with Crippen molar-refractivity contribution in [2.24, 2.45) is 0 Å². The van der Waals surface area contributed by atoms with Crippen LogP contribution in [-0.4, -0.2) is 24.3 Å². The maximum absolute atomic E-state index is 12.0. The quantitative estimate of drug-likeness (QED) is 0.613. The Kier molecular flexibility index (Phi) is 6.62. The number of rotatable bonds is 7. The molecule has 0 saturated heterocycles. The molecule has 1 amide bonds. The summed E-state index contributed by atoms with van der Waals surface area (Å²) >= 11 is 7.35. The monoisotopic (exact) mass is 335 g/mol. The van der Waals surface area contributed by atoms with Crippen molar-refractivity contribution in [2.45, 2.75) is 17.1 Å². The topological polar surface area (TPSA) is 38.3 Å². The number of hydrogen-bond donors (Lipinski definition) is 1. The summed E-state index contributed by atoms with van der Waals surface area (Å²) in [5, 5.41) is 3.40. The van der Waals surface area contributed by atoms with Crippen molar-refractivity contribution in [3.8, 4) is 5.75 Å². The van der Waals surface area contributed by atoms with Crippen LogP contribution in [0.15, 0.2) is 59.5 Å². The van der Waals surface area contributed by atoms with Gasteiger partial charge in [0.05, 0.1) is 11.8 Å². The van der Waals surface area contributed by atoms with E-state index in [0.29, 0.717) is 18.2 Å². The molecule has 1 atom stereocenters. The van der Waals surface area contributed by atoms with Gasteiger partial charge < -0.3 is 10.1 Å². The van der Waals surface area contributed by atoms with Crippen LogP contribution < -0.4 is 10.1 Å². The van der Waals surface area contributed by atoms with Crippen LogP contribution in [-0.2, 0) is 4.79 Å². The number of carbonyl (C=O) groups is 1. The minimum atomic E-state index is -0.169. The van der Waals surface area contributed by atoms with Crippen molar-refractivity contribution < 1.29 is 9.53 Å². The zero-order valence-corrected chi connectivity index (χ0v) is 13.9. The second-order valence-electron chi connectivity index (χ2n) is 4.67. The molecule has 0 aliphatic rings. The summed E-state index contributed by atoms with van der Waals surface area (Å²) in [6.07, 6.45) is 0. The lowest BCUT2D eigenvalue weighted by atomic mass is 10.3. The fraction of sp³-hybridized carbons (Fsp3) is 0.235. The third-order valence-electron chi connectivity index (χ3n) is 2.91. The van der Waals surface area contributed by atoms with Crippen LogP contribution in [0, 0.1) is 0 Å². The van der Waals surface area contributed by atoms with E-state index in [2.05, 4.69) is 5.32 Å². The first kappa shape index (κ1) is 16.7. The van der Waals surface area contributed by atoms with E-state index in [-0.39, 0.29) is 11.2 Å². The molecule has 0 aliphatic carbocycles. The normalized spacial score (nSPS) is 11.7. The Morgan fingerprint density at radius 2 is 1.86 bits per heavy atom. The largest absolute Gasteiger partial charge is 0.492 e. The van der Waals surface area contributed by atoms with Gasteiger partial charge in [0.15, 0.2) is 0 Å². The zero-order valence-electron chi connectivity index (χ0n) is 12.3. The van der Waals surface area contributed by atoms with E-state index < -0.39 is 0 Å². The summed E-state index contributed by atoms with van der Waals surface area (Å²) < 4.78 is 5.53. The van der Waals surface area contributed by atoms with Crippen molar-refractivity contribution in [3.63, 3.8) is 0 Å². The zero-order chi connectivity index (χ0) is 15.8. The summed E-state index contributed by atoms with van der Waals surface area (Å²) in [4.78, 5) is 13.0. The van der Waals surface area contributed by atoms with Gasteiger partial charge in [-0.15, -0.1) is 11.8 Å². The molecule has 2 aromatic rings. The molecule has 116 valence electrons. The average Bonchev–Trinajstić information content (AvgIpc) is 2.54. The highest BCUT2D eigenvalue weighted by Gasteiger charge is 2.13. The number of thioether (sulfide) groups is 1. The van der Waals surface area contributed by atoms with E-state index >= 15 is 0 Å². The predicted octanol–water partition coefficient (Wildman–Crippen LogP) is 4.02. The van der Waals surface area contributed by atoms with Gasteiger partial charge in [0.25, 0.3) is 0 Å². The van der Waals surface area contributed by atoms with Crippen LogP contribution in [0.5, 0.6) is 5.75 Å². The Morgan fingerprint density at radius 1 is 1.18 bits per heavy atom. The van der Waals surface area contributed by atoms with Crippen LogP contribution in [0.25, 0.3) is 0 Å². The standard InChI is InChI=1S/C17H18ClNO2S/c1-13(22-16-9-7-14(18)8-10-16)17(20)19-11-12-21-15-5-3-2-4-6-15/h2-10,13H,11-12H2,1H3,(H,19,20)/t13-/m0/s1. The molecule has 0 bridgehead atoms. The summed E-state index contributed by atoms with van der Waals surface area (Å²) in [6.45, 7) is 2.82. The second-order valence-corrected chi connectivity index (χ2v) is 6.52. The SMILES string of the molecule is C[C@H](Sc1ccc(Cl)cc1)C(=O)NCCOc1ccccc1. The number of ether oxygens (including phenoxy) is 1. The second kappa shape index (κ2) is 8.71. The van der Waals surface area contributed by atoms with E-state index in [4.69, 9.17) is 16.3 Å². The molecule has 1 N–H and O–H groups in total. The van der Waals surface area contributed by atoms with Gasteiger partial charge in [-0.25, -0.2) is 0 Å². The van der Waals surface area contributed by atoms with Crippen LogP contribution in [0.2, 0.25) is 5.02 Å². The maximum atomic E-state index is 12.0. The minimum absolute atomic E-state index is 0.00314. The van der Waals surface area contributed by atoms with E-state index in [9.17, 15) is 4.79 Å². The predicted molar refractivity (Wildman–Crippen MR) is 91.7 cm³/mol. The number of carbonyl (C=O) groups excluding carboxylic acids is 1. The Balaban J connectivity index is 1.69. The first-order valence-electron chi connectivity index (χ1n) is 7.03. The van der Waals surface area contributed by atoms with Gasteiger partial charge in [0, 0.05) is 9.92 Å². The molecule has 2 rings (SSSR count). The number of amides is 1. The Labute approximate surface area is 140 Å². The van der Waals surface area contributed by atoms with Gasteiger partial charge in [0.1, 0.15) is 12.4 Å². The van der Waals surface area contributed by atoms with Crippen LogP contribution in [0.4, 0.5) is 0 Å². The first-order chi connectivity index (χ1) is 10.6. The molecular weight excluding hydrogens is 318 g/mol. The van der Waals surface area contributed by atoms with E-state index in [1.807, 2.05) is 61.5 Å². The maximum Gasteiger partial charge on any atom is 0.233 e. The van der Waals surface area contributed by atoms with E-state index in [0.717, 1.165) is 10.6 Å². The van der Waals surface area contributed by atoms with Crippen molar-refractivity contribution in [1.29, 1.82) is 0 Å². The third-order valence-corrected chi connectivity index (χ3v) is 4.27. The highest BCUT2D eigenvalue weighted by molar-refractivity contribution is 8.00. The van der Waals surface area contributed by atoms with Crippen molar-refractivity contribution >= 4 is 29.3 Å². The van der Waals surface area contributed by atoms with Gasteiger partial charge in [0.2, 0.25) is 5.91 Å². The van der Waals surface area contributed by atoms with Gasteiger partial charge in [-0.05, 0) is 43.3 Å². The number of nitrogens with one attached hydrogen (secondary N) is 1. The molecular formula is C17H18ClNO2S. The molecule has 22 heavy (non-hydrogen) atoms. The molecule has 0 spiro atoms. The van der Waals surface area contributed by atoms with Crippen molar-refractivity contribution in [2.75, 3.05) is 13.2 Å². The van der Waals surface area contributed by atoms with Crippen LogP contribution >= 0.6 is 23.4 Å². The van der Waals surface area contributed by atoms with Crippen LogP contribution in [0.3, 0.4) is 0 Å². The minimum Gasteiger partial charge on any atom is -0.492 e. The Hall–Kier alpha value is -1.65. The lowest BCUT2D eigenvalue weighted by molar-refractivity contribution is -0.120. The lowest BCUT2D eigenvalue weighted by Gasteiger charge is -2.12. The van der Waals surface area contributed by atoms with Crippen LogP contribution in [0.1, 0.15) is 6.92 Å². The van der Waals surface area contributed by atoms with Gasteiger partial charge >= 0.3 is 0 Å². The van der Waals surface area contributed by atoms with Gasteiger partial charge in [-0.3, -0.25) is 4.79 Å². The molecule has 0 fully saturated rings. The fourth-order valence-electron chi connectivity index (χ4n) is 1.77. The third kappa shape index (κ3) is 5.62. The van der Waals surface area contributed by atoms with Gasteiger partial charge in [-0.1, -0.05) is 29.8 Å². The highest BCUT2D eigenvalue weighted by atomic mass is 35.5. The summed E-state index contributed by atoms with van der Waals surface area (Å²) in [6, 6.07) is 17.0. The fourth-order valence-corrected chi connectivity index (χ4v) is 2.79. The number of para-hydroxylation sites is 1. The molecule has 0 aliphatic heterocycles. The van der Waals surface area contributed by atoms with E-state index in [1.54, 1.807) is 0 Å². The molecule has 3 nitrogen and oxygen atoms in total. The molecule has 5 heteroatoms. The molecule has 0 saturated carbocycles. The Bertz CT molecular complexity index is 589. The molecule has 0 radical (unpaired) electrons. The molecule has 2 aromatic carbocycles. The Morgan fingerprint density at radius 3 is 2.55 bits per heavy atom. The highest BCUT2D eigenvalue weighted by Crippen LogP contribution is 2.24. The summed E-state index contributed by atoms with van der Waals surface area (Å²) in [7, 11) is 0. The van der Waals surface area contributed by atoms with Crippen molar-refractivity contribution in [1.82, 2.24) is 5.32 Å². The molecule has 0 unspecified atom stereocenters. The lowest BCUT2D eigenvalue weighted by Crippen LogP contribution is -2.33. The smallest absolute Gasteiger partial charge is 0.233 e. The molecule has 0 heterocycles. The number of hydrogen-bond acceptors (Lipinski definition) is 3. The average molecular weight is 336 g/mol.